The van der Waals surface area contributed by atoms with Gasteiger partial charge in [0.15, 0.2) is 0 Å². The van der Waals surface area contributed by atoms with Crippen molar-refractivity contribution in [2.75, 3.05) is 5.43 Å². The van der Waals surface area contributed by atoms with E-state index in [0.717, 1.165) is 26.8 Å². The highest BCUT2D eigenvalue weighted by Crippen LogP contribution is 2.14. The SMILES string of the molecule is Brc1ccc(C=NNc2ccc3ccccc3n2)cc1. The van der Waals surface area contributed by atoms with E-state index in [9.17, 15) is 0 Å². The van der Waals surface area contributed by atoms with Gasteiger partial charge in [-0.2, -0.15) is 5.10 Å². The molecule has 4 heteroatoms. The molecule has 0 bridgehead atoms. The number of halogens is 1. The van der Waals surface area contributed by atoms with Crippen molar-refractivity contribution in [1.29, 1.82) is 0 Å². The van der Waals surface area contributed by atoms with Gasteiger partial charge in [-0.15, -0.1) is 0 Å². The Morgan fingerprint density at radius 1 is 0.950 bits per heavy atom. The van der Waals surface area contributed by atoms with E-state index >= 15 is 0 Å². The van der Waals surface area contributed by atoms with Gasteiger partial charge in [0.2, 0.25) is 0 Å². The fourth-order valence-corrected chi connectivity index (χ4v) is 2.11. The maximum Gasteiger partial charge on any atom is 0.146 e. The predicted molar refractivity (Wildman–Crippen MR) is 87.1 cm³/mol. The third kappa shape index (κ3) is 3.03. The number of nitrogens with zero attached hydrogens (tertiary/aromatic N) is 2. The van der Waals surface area contributed by atoms with E-state index in [-0.39, 0.29) is 0 Å². The van der Waals surface area contributed by atoms with Crippen LogP contribution in [0, 0.1) is 0 Å². The largest absolute Gasteiger partial charge is 0.261 e. The van der Waals surface area contributed by atoms with E-state index in [2.05, 4.69) is 31.4 Å². The number of para-hydroxylation sites is 1. The molecule has 0 aliphatic carbocycles. The molecule has 0 aliphatic heterocycles. The van der Waals surface area contributed by atoms with Crippen molar-refractivity contribution in [3.63, 3.8) is 0 Å². The van der Waals surface area contributed by atoms with Gasteiger partial charge < -0.3 is 0 Å². The van der Waals surface area contributed by atoms with Crippen molar-refractivity contribution in [2.24, 2.45) is 5.10 Å². The van der Waals surface area contributed by atoms with Crippen LogP contribution in [0.4, 0.5) is 5.82 Å². The Morgan fingerprint density at radius 2 is 1.75 bits per heavy atom. The van der Waals surface area contributed by atoms with Crippen LogP contribution >= 0.6 is 15.9 Å². The molecule has 3 nitrogen and oxygen atoms in total. The summed E-state index contributed by atoms with van der Waals surface area (Å²) >= 11 is 3.40. The van der Waals surface area contributed by atoms with E-state index in [1.54, 1.807) is 6.21 Å². The predicted octanol–water partition coefficient (Wildman–Crippen LogP) is 4.44. The smallest absolute Gasteiger partial charge is 0.146 e. The van der Waals surface area contributed by atoms with Gasteiger partial charge in [-0.1, -0.05) is 46.3 Å². The van der Waals surface area contributed by atoms with Crippen LogP contribution in [-0.2, 0) is 0 Å². The van der Waals surface area contributed by atoms with Crippen LogP contribution < -0.4 is 5.43 Å². The zero-order chi connectivity index (χ0) is 13.8. The molecule has 1 aromatic heterocycles. The number of nitrogens with one attached hydrogen (secondary N) is 1. The molecule has 3 rings (SSSR count). The summed E-state index contributed by atoms with van der Waals surface area (Å²) in [5, 5.41) is 5.32. The number of rotatable bonds is 3. The summed E-state index contributed by atoms with van der Waals surface area (Å²) < 4.78 is 1.05. The molecular formula is C16H12BrN3. The molecule has 0 saturated carbocycles. The van der Waals surface area contributed by atoms with Crippen LogP contribution in [0.2, 0.25) is 0 Å². The number of benzene rings is 2. The minimum absolute atomic E-state index is 0.733. The molecule has 0 fully saturated rings. The Kier molecular flexibility index (Phi) is 3.74. The van der Waals surface area contributed by atoms with E-state index < -0.39 is 0 Å². The number of hydrogen-bond acceptors (Lipinski definition) is 3. The molecule has 1 heterocycles. The molecular weight excluding hydrogens is 314 g/mol. The van der Waals surface area contributed by atoms with Crippen LogP contribution in [0.25, 0.3) is 10.9 Å². The lowest BCUT2D eigenvalue weighted by Crippen LogP contribution is -1.93. The third-order valence-electron chi connectivity index (χ3n) is 2.86. The van der Waals surface area contributed by atoms with E-state index in [4.69, 9.17) is 0 Å². The molecule has 0 saturated heterocycles. The monoisotopic (exact) mass is 325 g/mol. The number of anilines is 1. The van der Waals surface area contributed by atoms with Crippen molar-refractivity contribution < 1.29 is 0 Å². The summed E-state index contributed by atoms with van der Waals surface area (Å²) in [7, 11) is 0. The molecule has 0 amide bonds. The van der Waals surface area contributed by atoms with Gasteiger partial charge >= 0.3 is 0 Å². The first kappa shape index (κ1) is 12.8. The maximum absolute atomic E-state index is 4.49. The Hall–Kier alpha value is -2.20. The van der Waals surface area contributed by atoms with Crippen LogP contribution in [0.3, 0.4) is 0 Å². The van der Waals surface area contributed by atoms with Crippen molar-refractivity contribution in [3.8, 4) is 0 Å². The van der Waals surface area contributed by atoms with Gasteiger partial charge in [0, 0.05) is 9.86 Å². The molecule has 1 N–H and O–H groups in total. The number of hydrazone groups is 1. The fourth-order valence-electron chi connectivity index (χ4n) is 1.85. The fraction of sp³-hybridized carbons (Fsp3) is 0. The summed E-state index contributed by atoms with van der Waals surface area (Å²) in [5.74, 6) is 0.733. The summed E-state index contributed by atoms with van der Waals surface area (Å²) in [6.45, 7) is 0. The molecule has 0 radical (unpaired) electrons. The Balaban J connectivity index is 1.74. The average Bonchev–Trinajstić information content (AvgIpc) is 2.49. The Morgan fingerprint density at radius 3 is 2.60 bits per heavy atom. The van der Waals surface area contributed by atoms with Gasteiger partial charge in [0.1, 0.15) is 5.82 Å². The second-order valence-corrected chi connectivity index (χ2v) is 5.23. The van der Waals surface area contributed by atoms with E-state index in [0.29, 0.717) is 0 Å². The molecule has 0 unspecified atom stereocenters. The van der Waals surface area contributed by atoms with Crippen LogP contribution in [0.5, 0.6) is 0 Å². The second-order valence-electron chi connectivity index (χ2n) is 4.31. The summed E-state index contributed by atoms with van der Waals surface area (Å²) in [4.78, 5) is 4.49. The summed E-state index contributed by atoms with van der Waals surface area (Å²) in [5.41, 5.74) is 4.93. The topological polar surface area (TPSA) is 37.3 Å². The van der Waals surface area contributed by atoms with Crippen LogP contribution in [0.15, 0.2) is 70.2 Å². The van der Waals surface area contributed by atoms with Gasteiger partial charge in [0.05, 0.1) is 11.7 Å². The number of aromatic nitrogens is 1. The average molecular weight is 326 g/mol. The zero-order valence-corrected chi connectivity index (χ0v) is 12.2. The quantitative estimate of drug-likeness (QED) is 0.570. The molecule has 2 aromatic carbocycles. The van der Waals surface area contributed by atoms with Crippen molar-refractivity contribution in [3.05, 3.63) is 70.7 Å². The van der Waals surface area contributed by atoms with Gasteiger partial charge in [-0.3, -0.25) is 5.43 Å². The van der Waals surface area contributed by atoms with Crippen molar-refractivity contribution >= 4 is 38.9 Å². The molecule has 0 aliphatic rings. The van der Waals surface area contributed by atoms with Crippen LogP contribution in [-0.4, -0.2) is 11.2 Å². The van der Waals surface area contributed by atoms with Crippen molar-refractivity contribution in [1.82, 2.24) is 4.98 Å². The molecule has 98 valence electrons. The van der Waals surface area contributed by atoms with Crippen molar-refractivity contribution in [2.45, 2.75) is 0 Å². The lowest BCUT2D eigenvalue weighted by molar-refractivity contribution is 1.26. The lowest BCUT2D eigenvalue weighted by Gasteiger charge is -2.01. The second kappa shape index (κ2) is 5.84. The van der Waals surface area contributed by atoms with Gasteiger partial charge in [-0.25, -0.2) is 4.98 Å². The van der Waals surface area contributed by atoms with Gasteiger partial charge in [-0.05, 0) is 35.9 Å². The zero-order valence-electron chi connectivity index (χ0n) is 10.6. The normalized spacial score (nSPS) is 11.1. The number of pyridine rings is 1. The first-order chi connectivity index (χ1) is 9.81. The highest BCUT2D eigenvalue weighted by Gasteiger charge is 1.95. The van der Waals surface area contributed by atoms with E-state index in [1.165, 1.54) is 0 Å². The molecule has 3 aromatic rings. The molecule has 0 atom stereocenters. The highest BCUT2D eigenvalue weighted by atomic mass is 79.9. The molecule has 20 heavy (non-hydrogen) atoms. The van der Waals surface area contributed by atoms with Crippen LogP contribution in [0.1, 0.15) is 5.56 Å². The van der Waals surface area contributed by atoms with E-state index in [1.807, 2.05) is 60.7 Å². The standard InChI is InChI=1S/C16H12BrN3/c17-14-8-5-12(6-9-14)11-18-20-16-10-7-13-3-1-2-4-15(13)19-16/h1-11H,(H,19,20). The highest BCUT2D eigenvalue weighted by molar-refractivity contribution is 9.10. The maximum atomic E-state index is 4.49. The summed E-state index contributed by atoms with van der Waals surface area (Å²) in [6.07, 6.45) is 1.77. The Labute approximate surface area is 125 Å². The minimum Gasteiger partial charge on any atom is -0.261 e. The first-order valence-electron chi connectivity index (χ1n) is 6.22. The minimum atomic E-state index is 0.733. The Bertz CT molecular complexity index is 751. The molecule has 0 spiro atoms. The lowest BCUT2D eigenvalue weighted by atomic mass is 10.2. The number of fused-ring (bicyclic) bond motifs is 1. The number of hydrogen-bond donors (Lipinski definition) is 1. The third-order valence-corrected chi connectivity index (χ3v) is 3.39. The van der Waals surface area contributed by atoms with Gasteiger partial charge in [0.25, 0.3) is 0 Å². The summed E-state index contributed by atoms with van der Waals surface area (Å²) in [6, 6.07) is 19.9. The first-order valence-corrected chi connectivity index (χ1v) is 7.01.